The van der Waals surface area contributed by atoms with Crippen molar-refractivity contribution in [1.82, 2.24) is 15.5 Å². The molecule has 1 rings (SSSR count). The van der Waals surface area contributed by atoms with Crippen LogP contribution in [0.4, 0.5) is 4.79 Å². The predicted molar refractivity (Wildman–Crippen MR) is 57.4 cm³/mol. The predicted octanol–water partition coefficient (Wildman–Crippen LogP) is 0.174. The zero-order valence-electron chi connectivity index (χ0n) is 9.59. The van der Waals surface area contributed by atoms with E-state index in [4.69, 9.17) is 0 Å². The summed E-state index contributed by atoms with van der Waals surface area (Å²) in [4.78, 5) is 24.2. The van der Waals surface area contributed by atoms with E-state index in [2.05, 4.69) is 31.4 Å². The molecule has 5 nitrogen and oxygen atoms in total. The van der Waals surface area contributed by atoms with Gasteiger partial charge in [-0.3, -0.25) is 4.79 Å². The third-order valence-electron chi connectivity index (χ3n) is 2.10. The molecule has 3 amide bonds. The Balaban J connectivity index is 2.36. The van der Waals surface area contributed by atoms with Gasteiger partial charge in [0.25, 0.3) is 0 Å². The number of amides is 3. The highest BCUT2D eigenvalue weighted by Gasteiger charge is 2.21. The van der Waals surface area contributed by atoms with Crippen molar-refractivity contribution in [3.63, 3.8) is 0 Å². The highest BCUT2D eigenvalue weighted by molar-refractivity contribution is 5.85. The Kier molecular flexibility index (Phi) is 3.55. The summed E-state index contributed by atoms with van der Waals surface area (Å²) in [5, 5.41) is 5.50. The summed E-state index contributed by atoms with van der Waals surface area (Å²) < 4.78 is 0. The van der Waals surface area contributed by atoms with Gasteiger partial charge in [0.2, 0.25) is 5.91 Å². The monoisotopic (exact) mass is 213 g/mol. The van der Waals surface area contributed by atoms with Crippen molar-refractivity contribution < 1.29 is 9.59 Å². The van der Waals surface area contributed by atoms with Crippen LogP contribution in [0.3, 0.4) is 0 Å². The first-order chi connectivity index (χ1) is 6.88. The topological polar surface area (TPSA) is 61.4 Å². The molecule has 0 saturated carbocycles. The fourth-order valence-electron chi connectivity index (χ4n) is 1.26. The lowest BCUT2D eigenvalue weighted by Gasteiger charge is -2.28. The molecular formula is C10H19N3O2. The number of hydrogen-bond donors (Lipinski definition) is 2. The Hall–Kier alpha value is -1.26. The first-order valence-electron chi connectivity index (χ1n) is 5.18. The van der Waals surface area contributed by atoms with E-state index in [0.717, 1.165) is 0 Å². The molecule has 1 aliphatic rings. The summed E-state index contributed by atoms with van der Waals surface area (Å²) in [5.41, 5.74) is 0.0632. The lowest BCUT2D eigenvalue weighted by atomic mass is 9.97. The SMILES string of the molecule is CC(C)(C)CNC(=O)N1CCNC(=O)C1. The van der Waals surface area contributed by atoms with Crippen molar-refractivity contribution in [2.24, 2.45) is 5.41 Å². The van der Waals surface area contributed by atoms with Gasteiger partial charge in [-0.1, -0.05) is 20.8 Å². The highest BCUT2D eigenvalue weighted by atomic mass is 16.2. The van der Waals surface area contributed by atoms with Crippen molar-refractivity contribution in [2.45, 2.75) is 20.8 Å². The van der Waals surface area contributed by atoms with Crippen molar-refractivity contribution in [3.8, 4) is 0 Å². The maximum Gasteiger partial charge on any atom is 0.317 e. The average molecular weight is 213 g/mol. The second-order valence-electron chi connectivity index (χ2n) is 4.99. The second kappa shape index (κ2) is 4.51. The molecule has 1 saturated heterocycles. The standard InChI is InChI=1S/C10H19N3O2/c1-10(2,3)7-12-9(15)13-5-4-11-8(14)6-13/h4-7H2,1-3H3,(H,11,14)(H,12,15). The van der Waals surface area contributed by atoms with Crippen LogP contribution >= 0.6 is 0 Å². The van der Waals surface area contributed by atoms with Crippen molar-refractivity contribution in [1.29, 1.82) is 0 Å². The van der Waals surface area contributed by atoms with E-state index in [1.54, 1.807) is 0 Å². The Morgan fingerprint density at radius 1 is 1.53 bits per heavy atom. The molecule has 1 heterocycles. The normalized spacial score (nSPS) is 17.3. The number of nitrogens with one attached hydrogen (secondary N) is 2. The summed E-state index contributed by atoms with van der Waals surface area (Å²) in [7, 11) is 0. The molecule has 2 N–H and O–H groups in total. The molecule has 0 aromatic carbocycles. The molecule has 0 spiro atoms. The minimum atomic E-state index is -0.153. The van der Waals surface area contributed by atoms with Gasteiger partial charge in [-0.15, -0.1) is 0 Å². The van der Waals surface area contributed by atoms with Gasteiger partial charge >= 0.3 is 6.03 Å². The van der Waals surface area contributed by atoms with Gasteiger partial charge < -0.3 is 15.5 Å². The number of carbonyl (C=O) groups excluding carboxylic acids is 2. The molecular weight excluding hydrogens is 194 g/mol. The van der Waals surface area contributed by atoms with Crippen LogP contribution in [-0.2, 0) is 4.79 Å². The summed E-state index contributed by atoms with van der Waals surface area (Å²) >= 11 is 0. The van der Waals surface area contributed by atoms with Crippen LogP contribution in [0.1, 0.15) is 20.8 Å². The summed E-state index contributed by atoms with van der Waals surface area (Å²) in [6.07, 6.45) is 0. The van der Waals surface area contributed by atoms with E-state index < -0.39 is 0 Å². The molecule has 0 atom stereocenters. The van der Waals surface area contributed by atoms with Gasteiger partial charge in [0.05, 0.1) is 0 Å². The smallest absolute Gasteiger partial charge is 0.317 e. The quantitative estimate of drug-likeness (QED) is 0.652. The largest absolute Gasteiger partial charge is 0.353 e. The van der Waals surface area contributed by atoms with Crippen LogP contribution in [0.25, 0.3) is 0 Å². The molecule has 0 aliphatic carbocycles. The lowest BCUT2D eigenvalue weighted by molar-refractivity contribution is -0.123. The molecule has 0 bridgehead atoms. The van der Waals surface area contributed by atoms with Crippen LogP contribution in [0.15, 0.2) is 0 Å². The number of nitrogens with zero attached hydrogens (tertiary/aromatic N) is 1. The van der Waals surface area contributed by atoms with Crippen molar-refractivity contribution in [3.05, 3.63) is 0 Å². The van der Waals surface area contributed by atoms with Gasteiger partial charge in [-0.2, -0.15) is 0 Å². The van der Waals surface area contributed by atoms with Crippen LogP contribution < -0.4 is 10.6 Å². The van der Waals surface area contributed by atoms with Crippen molar-refractivity contribution >= 4 is 11.9 Å². The number of carbonyl (C=O) groups is 2. The van der Waals surface area contributed by atoms with Gasteiger partial charge in [-0.25, -0.2) is 4.79 Å². The van der Waals surface area contributed by atoms with E-state index >= 15 is 0 Å². The molecule has 1 fully saturated rings. The maximum atomic E-state index is 11.6. The molecule has 0 radical (unpaired) electrons. The van der Waals surface area contributed by atoms with Crippen LogP contribution in [0.5, 0.6) is 0 Å². The van der Waals surface area contributed by atoms with E-state index in [-0.39, 0.29) is 23.9 Å². The van der Waals surface area contributed by atoms with Gasteiger partial charge in [0.15, 0.2) is 0 Å². The zero-order chi connectivity index (χ0) is 11.5. The van der Waals surface area contributed by atoms with E-state index in [1.807, 2.05) is 0 Å². The first-order valence-corrected chi connectivity index (χ1v) is 5.18. The fourth-order valence-corrected chi connectivity index (χ4v) is 1.26. The number of hydrogen-bond acceptors (Lipinski definition) is 2. The minimum Gasteiger partial charge on any atom is -0.353 e. The molecule has 5 heteroatoms. The minimum absolute atomic E-state index is 0.0632. The third kappa shape index (κ3) is 4.18. The third-order valence-corrected chi connectivity index (χ3v) is 2.10. The Morgan fingerprint density at radius 3 is 2.73 bits per heavy atom. The highest BCUT2D eigenvalue weighted by Crippen LogP contribution is 2.10. The average Bonchev–Trinajstić information content (AvgIpc) is 2.13. The lowest BCUT2D eigenvalue weighted by Crippen LogP contribution is -2.53. The first kappa shape index (κ1) is 11.8. The summed E-state index contributed by atoms with van der Waals surface area (Å²) in [6.45, 7) is 8.06. The van der Waals surface area contributed by atoms with Crippen LogP contribution in [0.2, 0.25) is 0 Å². The molecule has 0 unspecified atom stereocenters. The van der Waals surface area contributed by atoms with E-state index in [1.165, 1.54) is 4.90 Å². The van der Waals surface area contributed by atoms with E-state index in [9.17, 15) is 9.59 Å². The van der Waals surface area contributed by atoms with Gasteiger partial charge in [0, 0.05) is 19.6 Å². The summed E-state index contributed by atoms with van der Waals surface area (Å²) in [5.74, 6) is -0.0906. The Morgan fingerprint density at radius 2 is 2.20 bits per heavy atom. The zero-order valence-corrected chi connectivity index (χ0v) is 9.59. The number of piperazine rings is 1. The molecule has 15 heavy (non-hydrogen) atoms. The number of urea groups is 1. The fraction of sp³-hybridized carbons (Fsp3) is 0.800. The van der Waals surface area contributed by atoms with Gasteiger partial charge in [0.1, 0.15) is 6.54 Å². The van der Waals surface area contributed by atoms with Crippen molar-refractivity contribution in [2.75, 3.05) is 26.2 Å². The van der Waals surface area contributed by atoms with Gasteiger partial charge in [-0.05, 0) is 5.41 Å². The molecule has 0 aromatic rings. The van der Waals surface area contributed by atoms with E-state index in [0.29, 0.717) is 19.6 Å². The van der Waals surface area contributed by atoms with Crippen LogP contribution in [-0.4, -0.2) is 43.0 Å². The maximum absolute atomic E-state index is 11.6. The summed E-state index contributed by atoms with van der Waals surface area (Å²) in [6, 6.07) is -0.153. The molecule has 0 aromatic heterocycles. The second-order valence-corrected chi connectivity index (χ2v) is 4.99. The number of rotatable bonds is 1. The Bertz CT molecular complexity index is 258. The Labute approximate surface area is 90.2 Å². The molecule has 1 aliphatic heterocycles. The molecule has 86 valence electrons. The van der Waals surface area contributed by atoms with Crippen LogP contribution in [0, 0.1) is 5.41 Å².